The van der Waals surface area contributed by atoms with Gasteiger partial charge < -0.3 is 20.3 Å². The molecule has 8 nitrogen and oxygen atoms in total. The van der Waals surface area contributed by atoms with Gasteiger partial charge in [0.15, 0.2) is 5.78 Å². The number of nitrogens with zero attached hydrogens (tertiary/aromatic N) is 3. The number of amides is 1. The number of Topliss-reactive ketones (excluding diaryl/α,β-unsaturated/α-hetero) is 1. The molecule has 0 radical (unpaired) electrons. The summed E-state index contributed by atoms with van der Waals surface area (Å²) in [6.45, 7) is 1.66. The van der Waals surface area contributed by atoms with E-state index in [0.717, 1.165) is 55.6 Å². The average Bonchev–Trinajstić information content (AvgIpc) is 3.52. The molecule has 5 rings (SSSR count). The van der Waals surface area contributed by atoms with E-state index in [1.54, 1.807) is 24.5 Å². The van der Waals surface area contributed by atoms with E-state index >= 15 is 0 Å². The summed E-state index contributed by atoms with van der Waals surface area (Å²) in [7, 11) is 0. The third-order valence-electron chi connectivity index (χ3n) is 6.52. The molecule has 0 spiro atoms. The first kappa shape index (κ1) is 20.5. The zero-order valence-corrected chi connectivity index (χ0v) is 17.8. The average molecular weight is 434 g/mol. The van der Waals surface area contributed by atoms with Crippen LogP contribution >= 0.6 is 0 Å². The molecule has 3 N–H and O–H groups in total. The highest BCUT2D eigenvalue weighted by atomic mass is 16.3. The third-order valence-corrected chi connectivity index (χ3v) is 6.52. The summed E-state index contributed by atoms with van der Waals surface area (Å²) in [5.41, 5.74) is 1.02. The number of carbonyl (C=O) groups excluding carboxylic acids is 2. The van der Waals surface area contributed by atoms with Gasteiger partial charge in [0.2, 0.25) is 0 Å². The van der Waals surface area contributed by atoms with Crippen molar-refractivity contribution in [2.75, 3.05) is 18.0 Å². The van der Waals surface area contributed by atoms with Crippen LogP contribution in [0.5, 0.6) is 5.75 Å². The SMILES string of the molecule is O=C(N[C@@H](C(=O)C[C@@H]1CCCN(c2ncnc3[nH]ccc23)C1)C1CC1)c1ccccc1O. The van der Waals surface area contributed by atoms with Gasteiger partial charge in [-0.05, 0) is 55.7 Å². The number of anilines is 1. The van der Waals surface area contributed by atoms with Gasteiger partial charge in [0.1, 0.15) is 23.5 Å². The molecule has 2 aliphatic rings. The fourth-order valence-electron chi connectivity index (χ4n) is 4.72. The molecule has 3 aromatic rings. The molecule has 2 atom stereocenters. The van der Waals surface area contributed by atoms with Crippen molar-refractivity contribution in [3.05, 3.63) is 48.4 Å². The molecule has 32 heavy (non-hydrogen) atoms. The van der Waals surface area contributed by atoms with Crippen LogP contribution in [-0.2, 0) is 4.79 Å². The topological polar surface area (TPSA) is 111 Å². The molecule has 1 saturated heterocycles. The normalized spacial score (nSPS) is 19.6. The van der Waals surface area contributed by atoms with Crippen LogP contribution in [0.4, 0.5) is 5.82 Å². The summed E-state index contributed by atoms with van der Waals surface area (Å²) < 4.78 is 0. The number of hydrogen-bond donors (Lipinski definition) is 3. The molecule has 3 heterocycles. The minimum Gasteiger partial charge on any atom is -0.507 e. The van der Waals surface area contributed by atoms with E-state index in [1.165, 1.54) is 6.07 Å². The van der Waals surface area contributed by atoms with E-state index in [9.17, 15) is 14.7 Å². The lowest BCUT2D eigenvalue weighted by Crippen LogP contribution is -2.44. The molecule has 1 amide bonds. The number of ketones is 1. The number of hydrogen-bond acceptors (Lipinski definition) is 6. The number of phenolic OH excluding ortho intramolecular Hbond substituents is 1. The molecule has 2 aromatic heterocycles. The Morgan fingerprint density at radius 2 is 2.03 bits per heavy atom. The molecular formula is C24H27N5O3. The number of benzene rings is 1. The Bertz CT molecular complexity index is 1140. The summed E-state index contributed by atoms with van der Waals surface area (Å²) >= 11 is 0. The highest BCUT2D eigenvalue weighted by Crippen LogP contribution is 2.35. The molecule has 166 valence electrons. The number of carbonyl (C=O) groups is 2. The number of aromatic nitrogens is 3. The first-order valence-electron chi connectivity index (χ1n) is 11.2. The number of H-pyrrole nitrogens is 1. The van der Waals surface area contributed by atoms with Gasteiger partial charge in [0.05, 0.1) is 17.0 Å². The van der Waals surface area contributed by atoms with Gasteiger partial charge in [-0.2, -0.15) is 0 Å². The van der Waals surface area contributed by atoms with Gasteiger partial charge in [-0.15, -0.1) is 0 Å². The predicted octanol–water partition coefficient (Wildman–Crippen LogP) is 3.05. The largest absolute Gasteiger partial charge is 0.507 e. The van der Waals surface area contributed by atoms with Gasteiger partial charge in [0, 0.05) is 25.7 Å². The van der Waals surface area contributed by atoms with Gasteiger partial charge in [-0.3, -0.25) is 9.59 Å². The van der Waals surface area contributed by atoms with Crippen molar-refractivity contribution in [1.82, 2.24) is 20.3 Å². The van der Waals surface area contributed by atoms with Crippen molar-refractivity contribution in [3.63, 3.8) is 0 Å². The van der Waals surface area contributed by atoms with Crippen LogP contribution in [0.15, 0.2) is 42.9 Å². The minimum absolute atomic E-state index is 0.0733. The smallest absolute Gasteiger partial charge is 0.255 e. The molecule has 1 aliphatic heterocycles. The monoisotopic (exact) mass is 433 g/mol. The molecule has 1 aliphatic carbocycles. The van der Waals surface area contributed by atoms with Gasteiger partial charge in [0.25, 0.3) is 5.91 Å². The first-order chi connectivity index (χ1) is 15.6. The maximum Gasteiger partial charge on any atom is 0.255 e. The van der Waals surface area contributed by atoms with Crippen molar-refractivity contribution in [3.8, 4) is 5.75 Å². The fourth-order valence-corrected chi connectivity index (χ4v) is 4.72. The van der Waals surface area contributed by atoms with Crippen LogP contribution in [-0.4, -0.2) is 50.9 Å². The summed E-state index contributed by atoms with van der Waals surface area (Å²) in [4.78, 5) is 40.1. The van der Waals surface area contributed by atoms with Crippen molar-refractivity contribution in [1.29, 1.82) is 0 Å². The summed E-state index contributed by atoms with van der Waals surface area (Å²) in [6, 6.07) is 7.91. The Morgan fingerprint density at radius 3 is 2.84 bits per heavy atom. The number of phenols is 1. The molecule has 1 saturated carbocycles. The Kier molecular flexibility index (Phi) is 5.51. The van der Waals surface area contributed by atoms with Crippen LogP contribution in [0.25, 0.3) is 11.0 Å². The van der Waals surface area contributed by atoms with Crippen LogP contribution in [0.1, 0.15) is 42.5 Å². The lowest BCUT2D eigenvalue weighted by atomic mass is 9.89. The van der Waals surface area contributed by atoms with Gasteiger partial charge in [-0.1, -0.05) is 12.1 Å². The maximum absolute atomic E-state index is 13.2. The van der Waals surface area contributed by atoms with Crippen molar-refractivity contribution >= 4 is 28.5 Å². The number of para-hydroxylation sites is 1. The highest BCUT2D eigenvalue weighted by Gasteiger charge is 2.38. The standard InChI is InChI=1S/C24H27N5O3/c30-19-6-2-1-5-17(19)24(32)28-21(16-7-8-16)20(31)12-15-4-3-11-29(13-15)23-18-9-10-25-22(18)26-14-27-23/h1-2,5-6,9-10,14-16,21,30H,3-4,7-8,11-13H2,(H,28,32)(H,25,26,27)/t15-,21+/m0/s1. The number of fused-ring (bicyclic) bond motifs is 1. The number of nitrogens with one attached hydrogen (secondary N) is 2. The van der Waals surface area contributed by atoms with Crippen molar-refractivity contribution in [2.45, 2.75) is 38.1 Å². The second-order valence-electron chi connectivity index (χ2n) is 8.87. The summed E-state index contributed by atoms with van der Waals surface area (Å²) in [5.74, 6) is 0.921. The molecule has 8 heteroatoms. The molecule has 0 bridgehead atoms. The predicted molar refractivity (Wildman–Crippen MR) is 121 cm³/mol. The minimum atomic E-state index is -0.493. The summed E-state index contributed by atoms with van der Waals surface area (Å²) in [5, 5.41) is 13.9. The lowest BCUT2D eigenvalue weighted by Gasteiger charge is -2.34. The zero-order valence-electron chi connectivity index (χ0n) is 17.8. The zero-order chi connectivity index (χ0) is 22.1. The summed E-state index contributed by atoms with van der Waals surface area (Å²) in [6.07, 6.45) is 7.73. The Morgan fingerprint density at radius 1 is 1.19 bits per heavy atom. The van der Waals surface area contributed by atoms with Crippen LogP contribution in [0, 0.1) is 11.8 Å². The molecule has 0 unspecified atom stereocenters. The number of rotatable bonds is 7. The van der Waals surface area contributed by atoms with Crippen molar-refractivity contribution in [2.24, 2.45) is 11.8 Å². The highest BCUT2D eigenvalue weighted by molar-refractivity contribution is 6.00. The van der Waals surface area contributed by atoms with Crippen LogP contribution in [0.2, 0.25) is 0 Å². The van der Waals surface area contributed by atoms with Crippen LogP contribution in [0.3, 0.4) is 0 Å². The molecular weight excluding hydrogens is 406 g/mol. The van der Waals surface area contributed by atoms with Gasteiger partial charge in [-0.25, -0.2) is 9.97 Å². The Hall–Kier alpha value is -3.42. The van der Waals surface area contributed by atoms with E-state index < -0.39 is 11.9 Å². The van der Waals surface area contributed by atoms with Gasteiger partial charge >= 0.3 is 0 Å². The fraction of sp³-hybridized carbons (Fsp3) is 0.417. The second kappa shape index (κ2) is 8.61. The van der Waals surface area contributed by atoms with Crippen molar-refractivity contribution < 1.29 is 14.7 Å². The van der Waals surface area contributed by atoms with E-state index in [1.807, 2.05) is 12.3 Å². The Labute approximate surface area is 186 Å². The lowest BCUT2D eigenvalue weighted by molar-refractivity contribution is -0.122. The number of aromatic hydroxyl groups is 1. The quantitative estimate of drug-likeness (QED) is 0.528. The third kappa shape index (κ3) is 4.17. The van der Waals surface area contributed by atoms with Crippen LogP contribution < -0.4 is 10.2 Å². The van der Waals surface area contributed by atoms with E-state index in [0.29, 0.717) is 6.42 Å². The molecule has 2 fully saturated rings. The first-order valence-corrected chi connectivity index (χ1v) is 11.2. The number of piperidine rings is 1. The van der Waals surface area contributed by atoms with E-state index in [2.05, 4.69) is 25.2 Å². The number of aromatic amines is 1. The van der Waals surface area contributed by atoms with E-state index in [4.69, 9.17) is 0 Å². The Balaban J connectivity index is 1.26. The molecule has 1 aromatic carbocycles. The second-order valence-corrected chi connectivity index (χ2v) is 8.87. The van der Waals surface area contributed by atoms with E-state index in [-0.39, 0.29) is 28.9 Å². The maximum atomic E-state index is 13.2.